The van der Waals surface area contributed by atoms with Gasteiger partial charge in [-0.1, -0.05) is 25.1 Å². The zero-order valence-corrected chi connectivity index (χ0v) is 12.3. The van der Waals surface area contributed by atoms with Crippen molar-refractivity contribution in [2.24, 2.45) is 0 Å². The van der Waals surface area contributed by atoms with Crippen LogP contribution in [0.3, 0.4) is 0 Å². The highest BCUT2D eigenvalue weighted by molar-refractivity contribution is 7.99. The van der Waals surface area contributed by atoms with E-state index in [1.54, 1.807) is 23.9 Å². The van der Waals surface area contributed by atoms with Crippen molar-refractivity contribution in [3.8, 4) is 0 Å². The molecule has 1 aromatic carbocycles. The molecule has 5 heteroatoms. The molecular weight excluding hydrogens is 274 g/mol. The lowest BCUT2D eigenvalue weighted by atomic mass is 10.1. The Morgan fingerprint density at radius 2 is 2.05 bits per heavy atom. The Labute approximate surface area is 120 Å². The lowest BCUT2D eigenvalue weighted by Gasteiger charge is -1.99. The Bertz CT molecular complexity index is 819. The molecule has 104 valence electrons. The molecule has 0 N–H and O–H groups in total. The molecule has 0 saturated heterocycles. The molecule has 3 aromatic rings. The summed E-state index contributed by atoms with van der Waals surface area (Å²) in [6.07, 6.45) is 2.29. The average molecular weight is 289 g/mol. The summed E-state index contributed by atoms with van der Waals surface area (Å²) in [5.74, 6) is 0.995. The van der Waals surface area contributed by atoms with Gasteiger partial charge in [-0.25, -0.2) is 9.78 Å². The molecule has 0 bridgehead atoms. The Morgan fingerprint density at radius 3 is 2.85 bits per heavy atom. The number of thioether (sulfide) groups is 1. The molecule has 4 nitrogen and oxygen atoms in total. The van der Waals surface area contributed by atoms with Gasteiger partial charge >= 0.3 is 5.63 Å². The topological polar surface area (TPSA) is 56.2 Å². The second-order valence-electron chi connectivity index (χ2n) is 4.72. The fraction of sp³-hybridized carbons (Fsp3) is 0.333. The number of oxazole rings is 1. The summed E-state index contributed by atoms with van der Waals surface area (Å²) in [6.45, 7) is 4.04. The monoisotopic (exact) mass is 289 g/mol. The first-order chi connectivity index (χ1) is 9.69. The van der Waals surface area contributed by atoms with Crippen molar-refractivity contribution in [3.63, 3.8) is 0 Å². The Balaban J connectivity index is 2.13. The molecule has 2 heterocycles. The smallest absolute Gasteiger partial charge is 0.336 e. The number of benzene rings is 1. The molecular formula is C15H15NO3S. The lowest BCUT2D eigenvalue weighted by molar-refractivity contribution is 0.489. The first-order valence-electron chi connectivity index (χ1n) is 6.66. The maximum atomic E-state index is 11.4. The van der Waals surface area contributed by atoms with Crippen LogP contribution in [0.15, 0.2) is 37.1 Å². The third kappa shape index (κ3) is 2.33. The van der Waals surface area contributed by atoms with Gasteiger partial charge in [-0.3, -0.25) is 0 Å². The summed E-state index contributed by atoms with van der Waals surface area (Å²) in [5, 5.41) is 1.53. The third-order valence-electron chi connectivity index (χ3n) is 3.17. The number of rotatable bonds is 4. The number of unbranched alkanes of at least 4 members (excludes halogenated alkanes) is 1. The highest BCUT2D eigenvalue weighted by atomic mass is 32.2. The van der Waals surface area contributed by atoms with Crippen molar-refractivity contribution in [1.29, 1.82) is 0 Å². The Kier molecular flexibility index (Phi) is 3.53. The van der Waals surface area contributed by atoms with E-state index in [0.29, 0.717) is 10.8 Å². The van der Waals surface area contributed by atoms with E-state index in [9.17, 15) is 4.79 Å². The average Bonchev–Trinajstić information content (AvgIpc) is 2.81. The molecule has 0 aliphatic rings. The van der Waals surface area contributed by atoms with Crippen molar-refractivity contribution < 1.29 is 8.83 Å². The second kappa shape index (κ2) is 5.32. The van der Waals surface area contributed by atoms with Crippen LogP contribution in [0.4, 0.5) is 0 Å². The molecule has 3 rings (SSSR count). The second-order valence-corrected chi connectivity index (χ2v) is 5.76. The highest BCUT2D eigenvalue weighted by Gasteiger charge is 2.13. The Hall–Kier alpha value is -1.75. The van der Waals surface area contributed by atoms with Gasteiger partial charge in [0.15, 0.2) is 5.58 Å². The van der Waals surface area contributed by atoms with E-state index in [4.69, 9.17) is 8.83 Å². The van der Waals surface area contributed by atoms with Gasteiger partial charge in [0, 0.05) is 11.8 Å². The first kappa shape index (κ1) is 13.2. The molecule has 2 aromatic heterocycles. The van der Waals surface area contributed by atoms with E-state index in [1.807, 2.05) is 6.92 Å². The van der Waals surface area contributed by atoms with Crippen LogP contribution in [-0.2, 0) is 0 Å². The summed E-state index contributed by atoms with van der Waals surface area (Å²) in [5.41, 5.74) is 2.58. The predicted molar refractivity (Wildman–Crippen MR) is 80.4 cm³/mol. The van der Waals surface area contributed by atoms with Gasteiger partial charge in [-0.05, 0) is 31.0 Å². The van der Waals surface area contributed by atoms with E-state index in [-0.39, 0.29) is 5.63 Å². The van der Waals surface area contributed by atoms with Gasteiger partial charge < -0.3 is 8.83 Å². The van der Waals surface area contributed by atoms with Crippen molar-refractivity contribution in [2.45, 2.75) is 31.9 Å². The molecule has 0 atom stereocenters. The number of hydrogen-bond acceptors (Lipinski definition) is 5. The largest absolute Gasteiger partial charge is 0.431 e. The van der Waals surface area contributed by atoms with Crippen LogP contribution >= 0.6 is 11.8 Å². The minimum absolute atomic E-state index is 0.338. The van der Waals surface area contributed by atoms with Crippen LogP contribution in [0.1, 0.15) is 25.3 Å². The number of fused-ring (bicyclic) bond motifs is 3. The van der Waals surface area contributed by atoms with Crippen molar-refractivity contribution in [1.82, 2.24) is 4.98 Å². The van der Waals surface area contributed by atoms with Gasteiger partial charge in [0.05, 0.1) is 5.39 Å². The summed E-state index contributed by atoms with van der Waals surface area (Å²) < 4.78 is 11.0. The zero-order chi connectivity index (χ0) is 14.1. The molecule has 0 aliphatic heterocycles. The zero-order valence-electron chi connectivity index (χ0n) is 11.4. The first-order valence-corrected chi connectivity index (χ1v) is 7.64. The molecule has 20 heavy (non-hydrogen) atoms. The van der Waals surface area contributed by atoms with Gasteiger partial charge in [-0.2, -0.15) is 0 Å². The maximum Gasteiger partial charge on any atom is 0.336 e. The maximum absolute atomic E-state index is 11.4. The molecule has 0 fully saturated rings. The molecule has 0 aliphatic carbocycles. The molecule has 0 radical (unpaired) electrons. The van der Waals surface area contributed by atoms with E-state index in [0.717, 1.165) is 40.6 Å². The lowest BCUT2D eigenvalue weighted by Crippen LogP contribution is -1.97. The summed E-state index contributed by atoms with van der Waals surface area (Å²) in [4.78, 5) is 15.9. The van der Waals surface area contributed by atoms with Gasteiger partial charge in [0.1, 0.15) is 11.1 Å². The van der Waals surface area contributed by atoms with E-state index >= 15 is 0 Å². The third-order valence-corrected chi connectivity index (χ3v) is 4.08. The van der Waals surface area contributed by atoms with Gasteiger partial charge in [0.2, 0.25) is 0 Å². The SMILES string of the molecule is CCCCSc1nc2c(ccc3oc(=O)cc(C)c32)o1. The number of hydrogen-bond donors (Lipinski definition) is 0. The summed E-state index contributed by atoms with van der Waals surface area (Å²) in [6, 6.07) is 5.05. The standard InChI is InChI=1S/C15H15NO3S/c1-3-4-7-20-15-16-14-11(19-15)6-5-10-13(14)9(2)8-12(17)18-10/h5-6,8H,3-4,7H2,1-2H3. The fourth-order valence-electron chi connectivity index (χ4n) is 2.17. The van der Waals surface area contributed by atoms with Crippen LogP contribution in [0.5, 0.6) is 0 Å². The van der Waals surface area contributed by atoms with E-state index in [2.05, 4.69) is 11.9 Å². The van der Waals surface area contributed by atoms with Crippen molar-refractivity contribution in [2.75, 3.05) is 5.75 Å². The van der Waals surface area contributed by atoms with Crippen LogP contribution < -0.4 is 5.63 Å². The highest BCUT2D eigenvalue weighted by Crippen LogP contribution is 2.30. The predicted octanol–water partition coefficient (Wildman–Crippen LogP) is 4.13. The molecule has 0 unspecified atom stereocenters. The summed E-state index contributed by atoms with van der Waals surface area (Å²) >= 11 is 1.62. The van der Waals surface area contributed by atoms with E-state index < -0.39 is 0 Å². The van der Waals surface area contributed by atoms with Gasteiger partial charge in [0.25, 0.3) is 5.22 Å². The minimum Gasteiger partial charge on any atom is -0.431 e. The molecule has 0 amide bonds. The van der Waals surface area contributed by atoms with Crippen molar-refractivity contribution >= 4 is 33.8 Å². The number of aromatic nitrogens is 1. The normalized spacial score (nSPS) is 11.5. The summed E-state index contributed by atoms with van der Waals surface area (Å²) in [7, 11) is 0. The number of aryl methyl sites for hydroxylation is 1. The van der Waals surface area contributed by atoms with Crippen LogP contribution in [0, 0.1) is 6.92 Å². The van der Waals surface area contributed by atoms with Gasteiger partial charge in [-0.15, -0.1) is 0 Å². The van der Waals surface area contributed by atoms with Crippen LogP contribution in [-0.4, -0.2) is 10.7 Å². The van der Waals surface area contributed by atoms with Crippen LogP contribution in [0.2, 0.25) is 0 Å². The van der Waals surface area contributed by atoms with E-state index in [1.165, 1.54) is 6.07 Å². The fourth-order valence-corrected chi connectivity index (χ4v) is 3.09. The van der Waals surface area contributed by atoms with Crippen LogP contribution in [0.25, 0.3) is 22.1 Å². The minimum atomic E-state index is -0.338. The quantitative estimate of drug-likeness (QED) is 0.410. The van der Waals surface area contributed by atoms with Crippen molar-refractivity contribution in [3.05, 3.63) is 34.2 Å². The number of nitrogens with zero attached hydrogens (tertiary/aromatic N) is 1. The Morgan fingerprint density at radius 1 is 1.25 bits per heavy atom. The molecule has 0 saturated carbocycles. The molecule has 0 spiro atoms.